The zero-order valence-electron chi connectivity index (χ0n) is 9.37. The molecule has 1 unspecified atom stereocenters. The standard InChI is InChI=1S/C11H9ClF3NO3/c12-6-2-1-5(3-7(6)13)10(17)16-8(11(18)19)4-9(14)15/h1-3,8-9H,4H2,(H,16,17)(H,18,19). The average molecular weight is 296 g/mol. The van der Waals surface area contributed by atoms with E-state index in [2.05, 4.69) is 0 Å². The molecule has 0 aliphatic heterocycles. The van der Waals surface area contributed by atoms with E-state index in [0.717, 1.165) is 18.2 Å². The van der Waals surface area contributed by atoms with Gasteiger partial charge in [0.1, 0.15) is 11.9 Å². The average Bonchev–Trinajstić information content (AvgIpc) is 2.31. The number of amides is 1. The van der Waals surface area contributed by atoms with Crippen molar-refractivity contribution in [3.8, 4) is 0 Å². The molecule has 0 bridgehead atoms. The first-order valence-electron chi connectivity index (χ1n) is 5.08. The van der Waals surface area contributed by atoms with Gasteiger partial charge in [0, 0.05) is 12.0 Å². The summed E-state index contributed by atoms with van der Waals surface area (Å²) in [7, 11) is 0. The third kappa shape index (κ3) is 4.44. The summed E-state index contributed by atoms with van der Waals surface area (Å²) in [5.41, 5.74) is -0.206. The number of carbonyl (C=O) groups excluding carboxylic acids is 1. The Morgan fingerprint density at radius 1 is 1.37 bits per heavy atom. The predicted octanol–water partition coefficient (Wildman–Crippen LogP) is 2.32. The lowest BCUT2D eigenvalue weighted by Gasteiger charge is -2.14. The molecule has 0 saturated heterocycles. The maximum Gasteiger partial charge on any atom is 0.326 e. The summed E-state index contributed by atoms with van der Waals surface area (Å²) >= 11 is 5.41. The lowest BCUT2D eigenvalue weighted by Crippen LogP contribution is -2.42. The number of alkyl halides is 2. The van der Waals surface area contributed by atoms with Crippen LogP contribution in [-0.2, 0) is 4.79 Å². The SMILES string of the molecule is O=C(NC(CC(F)F)C(=O)O)c1ccc(Cl)c(F)c1. The van der Waals surface area contributed by atoms with Gasteiger partial charge in [-0.15, -0.1) is 0 Å². The topological polar surface area (TPSA) is 66.4 Å². The molecule has 0 aliphatic rings. The fourth-order valence-electron chi connectivity index (χ4n) is 1.28. The van der Waals surface area contributed by atoms with Crippen molar-refractivity contribution in [3.05, 3.63) is 34.6 Å². The molecule has 1 rings (SSSR count). The van der Waals surface area contributed by atoms with Gasteiger partial charge in [-0.25, -0.2) is 18.0 Å². The molecule has 1 aromatic rings. The van der Waals surface area contributed by atoms with Crippen LogP contribution in [0.5, 0.6) is 0 Å². The van der Waals surface area contributed by atoms with Gasteiger partial charge in [0.2, 0.25) is 6.43 Å². The van der Waals surface area contributed by atoms with E-state index in [4.69, 9.17) is 16.7 Å². The zero-order chi connectivity index (χ0) is 14.6. The summed E-state index contributed by atoms with van der Waals surface area (Å²) in [6.45, 7) is 0. The van der Waals surface area contributed by atoms with Gasteiger partial charge in [-0.3, -0.25) is 4.79 Å². The second-order valence-corrected chi connectivity index (χ2v) is 4.03. The first-order valence-corrected chi connectivity index (χ1v) is 5.46. The van der Waals surface area contributed by atoms with Gasteiger partial charge in [0.05, 0.1) is 5.02 Å². The maximum absolute atomic E-state index is 13.1. The van der Waals surface area contributed by atoms with Crippen LogP contribution in [0.15, 0.2) is 18.2 Å². The molecule has 0 saturated carbocycles. The molecular weight excluding hydrogens is 287 g/mol. The number of nitrogens with one attached hydrogen (secondary N) is 1. The van der Waals surface area contributed by atoms with Crippen LogP contribution in [0.3, 0.4) is 0 Å². The van der Waals surface area contributed by atoms with E-state index in [9.17, 15) is 22.8 Å². The van der Waals surface area contributed by atoms with Crippen molar-refractivity contribution in [1.29, 1.82) is 0 Å². The quantitative estimate of drug-likeness (QED) is 0.876. The Hall–Kier alpha value is -1.76. The molecule has 8 heteroatoms. The van der Waals surface area contributed by atoms with E-state index in [-0.39, 0.29) is 10.6 Å². The van der Waals surface area contributed by atoms with E-state index < -0.39 is 36.6 Å². The highest BCUT2D eigenvalue weighted by molar-refractivity contribution is 6.30. The molecule has 4 nitrogen and oxygen atoms in total. The summed E-state index contributed by atoms with van der Waals surface area (Å²) < 4.78 is 37.3. The molecule has 0 spiro atoms. The molecule has 1 amide bonds. The predicted molar refractivity (Wildman–Crippen MR) is 60.9 cm³/mol. The fourth-order valence-corrected chi connectivity index (χ4v) is 1.40. The van der Waals surface area contributed by atoms with Crippen molar-refractivity contribution >= 4 is 23.5 Å². The summed E-state index contributed by atoms with van der Waals surface area (Å²) in [4.78, 5) is 22.3. The van der Waals surface area contributed by atoms with Crippen molar-refractivity contribution in [2.75, 3.05) is 0 Å². The van der Waals surface area contributed by atoms with Gasteiger partial charge in [-0.1, -0.05) is 11.6 Å². The van der Waals surface area contributed by atoms with E-state index in [1.54, 1.807) is 0 Å². The Balaban J connectivity index is 2.81. The monoisotopic (exact) mass is 295 g/mol. The molecular formula is C11H9ClF3NO3. The fraction of sp³-hybridized carbons (Fsp3) is 0.273. The van der Waals surface area contributed by atoms with Crippen LogP contribution in [-0.4, -0.2) is 29.5 Å². The van der Waals surface area contributed by atoms with E-state index >= 15 is 0 Å². The molecule has 0 aliphatic carbocycles. The second kappa shape index (κ2) is 6.42. The minimum Gasteiger partial charge on any atom is -0.480 e. The summed E-state index contributed by atoms with van der Waals surface area (Å²) in [5, 5.41) is 10.3. The van der Waals surface area contributed by atoms with Crippen LogP contribution >= 0.6 is 11.6 Å². The van der Waals surface area contributed by atoms with Gasteiger partial charge in [0.25, 0.3) is 5.91 Å². The molecule has 0 fully saturated rings. The number of aliphatic carboxylic acids is 1. The van der Waals surface area contributed by atoms with Crippen LogP contribution in [0, 0.1) is 5.82 Å². The van der Waals surface area contributed by atoms with Crippen molar-refractivity contribution in [2.45, 2.75) is 18.9 Å². The third-order valence-corrected chi connectivity index (χ3v) is 2.51. The molecule has 1 aromatic carbocycles. The smallest absolute Gasteiger partial charge is 0.326 e. The van der Waals surface area contributed by atoms with Crippen molar-refractivity contribution in [3.63, 3.8) is 0 Å². The Morgan fingerprint density at radius 3 is 2.47 bits per heavy atom. The molecule has 19 heavy (non-hydrogen) atoms. The Morgan fingerprint density at radius 2 is 2.00 bits per heavy atom. The van der Waals surface area contributed by atoms with Gasteiger partial charge in [-0.05, 0) is 18.2 Å². The first kappa shape index (κ1) is 15.3. The molecule has 2 N–H and O–H groups in total. The summed E-state index contributed by atoms with van der Waals surface area (Å²) in [5.74, 6) is -3.43. The normalized spacial score (nSPS) is 12.3. The van der Waals surface area contributed by atoms with Crippen molar-refractivity contribution in [1.82, 2.24) is 5.32 Å². The van der Waals surface area contributed by atoms with Gasteiger partial charge < -0.3 is 10.4 Å². The molecule has 104 valence electrons. The van der Waals surface area contributed by atoms with Crippen LogP contribution < -0.4 is 5.32 Å². The number of carbonyl (C=O) groups is 2. The van der Waals surface area contributed by atoms with Gasteiger partial charge >= 0.3 is 5.97 Å². The lowest BCUT2D eigenvalue weighted by molar-refractivity contribution is -0.140. The number of hydrogen-bond acceptors (Lipinski definition) is 2. The Labute approximate surface area is 111 Å². The van der Waals surface area contributed by atoms with Crippen LogP contribution in [0.2, 0.25) is 5.02 Å². The minimum absolute atomic E-state index is 0.206. The third-order valence-electron chi connectivity index (χ3n) is 2.20. The summed E-state index contributed by atoms with van der Waals surface area (Å²) in [6.07, 6.45) is -3.92. The Bertz CT molecular complexity index is 496. The molecule has 1 atom stereocenters. The highest BCUT2D eigenvalue weighted by Crippen LogP contribution is 2.16. The van der Waals surface area contributed by atoms with Crippen molar-refractivity contribution < 1.29 is 27.9 Å². The van der Waals surface area contributed by atoms with E-state index in [1.165, 1.54) is 0 Å². The highest BCUT2D eigenvalue weighted by atomic mass is 35.5. The number of halogens is 4. The van der Waals surface area contributed by atoms with Crippen LogP contribution in [0.1, 0.15) is 16.8 Å². The number of hydrogen-bond donors (Lipinski definition) is 2. The molecule has 0 radical (unpaired) electrons. The van der Waals surface area contributed by atoms with Crippen LogP contribution in [0.4, 0.5) is 13.2 Å². The van der Waals surface area contributed by atoms with Gasteiger partial charge in [-0.2, -0.15) is 0 Å². The first-order chi connectivity index (χ1) is 8.81. The van der Waals surface area contributed by atoms with Gasteiger partial charge in [0.15, 0.2) is 0 Å². The summed E-state index contributed by atoms with van der Waals surface area (Å²) in [6, 6.07) is 1.31. The number of carboxylic acids is 1. The number of carboxylic acid groups (broad SMARTS) is 1. The van der Waals surface area contributed by atoms with Crippen LogP contribution in [0.25, 0.3) is 0 Å². The number of rotatable bonds is 5. The Kier molecular flexibility index (Phi) is 5.17. The highest BCUT2D eigenvalue weighted by Gasteiger charge is 2.24. The lowest BCUT2D eigenvalue weighted by atomic mass is 10.1. The molecule has 0 heterocycles. The van der Waals surface area contributed by atoms with Crippen molar-refractivity contribution in [2.24, 2.45) is 0 Å². The molecule has 0 aromatic heterocycles. The minimum atomic E-state index is -2.89. The van der Waals surface area contributed by atoms with E-state index in [0.29, 0.717) is 0 Å². The largest absolute Gasteiger partial charge is 0.480 e. The zero-order valence-corrected chi connectivity index (χ0v) is 10.1. The maximum atomic E-state index is 13.1. The second-order valence-electron chi connectivity index (χ2n) is 3.62. The number of benzene rings is 1. The van der Waals surface area contributed by atoms with E-state index in [1.807, 2.05) is 5.32 Å².